The summed E-state index contributed by atoms with van der Waals surface area (Å²) in [6, 6.07) is 16.5. The summed E-state index contributed by atoms with van der Waals surface area (Å²) in [4.78, 5) is 26.8. The van der Waals surface area contributed by atoms with E-state index in [2.05, 4.69) is 21.8 Å². The number of carbonyl (C=O) groups is 1. The van der Waals surface area contributed by atoms with Crippen molar-refractivity contribution in [2.75, 3.05) is 57.8 Å². The fourth-order valence-corrected chi connectivity index (χ4v) is 9.11. The van der Waals surface area contributed by atoms with Crippen LogP contribution in [0.1, 0.15) is 48.4 Å². The number of oxazole rings is 1. The molecule has 4 aromatic rings. The Bertz CT molecular complexity index is 1930. The van der Waals surface area contributed by atoms with Crippen molar-refractivity contribution in [3.63, 3.8) is 0 Å². The number of sulfonamides is 1. The van der Waals surface area contributed by atoms with Crippen LogP contribution in [0.15, 0.2) is 82.4 Å². The Morgan fingerprint density at radius 1 is 1.00 bits per heavy atom. The Hall–Kier alpha value is -3.94. The van der Waals surface area contributed by atoms with Crippen LogP contribution >= 0.6 is 11.6 Å². The van der Waals surface area contributed by atoms with Gasteiger partial charge in [-0.25, -0.2) is 17.7 Å². The summed E-state index contributed by atoms with van der Waals surface area (Å²) < 4.78 is 47.7. The highest BCUT2D eigenvalue weighted by Gasteiger charge is 2.62. The quantitative estimate of drug-likeness (QED) is 0.216. The minimum atomic E-state index is -4.42. The van der Waals surface area contributed by atoms with Crippen LogP contribution in [0.25, 0.3) is 0 Å². The Morgan fingerprint density at radius 3 is 2.47 bits per heavy atom. The third kappa shape index (κ3) is 5.79. The number of ether oxygens (including phenoxy) is 2. The summed E-state index contributed by atoms with van der Waals surface area (Å²) >= 11 is 6.72. The number of amides is 1. The van der Waals surface area contributed by atoms with Gasteiger partial charge in [-0.2, -0.15) is 0 Å². The molecule has 3 aromatic carbocycles. The molecule has 0 N–H and O–H groups in total. The van der Waals surface area contributed by atoms with E-state index in [-0.39, 0.29) is 10.6 Å². The number of anilines is 1. The molecule has 11 nitrogen and oxygen atoms in total. The molecule has 3 aliphatic rings. The number of fused-ring (bicyclic) bond motifs is 1. The highest BCUT2D eigenvalue weighted by Crippen LogP contribution is 2.57. The van der Waals surface area contributed by atoms with Crippen molar-refractivity contribution in [2.24, 2.45) is 0 Å². The first-order valence-electron chi connectivity index (χ1n) is 16.6. The van der Waals surface area contributed by atoms with Gasteiger partial charge >= 0.3 is 0 Å². The summed E-state index contributed by atoms with van der Waals surface area (Å²) in [5.74, 6) is 0.795. The third-order valence-corrected chi connectivity index (χ3v) is 11.8. The molecule has 0 radical (unpaired) electrons. The lowest BCUT2D eigenvalue weighted by Crippen LogP contribution is -2.54. The first-order valence-corrected chi connectivity index (χ1v) is 18.4. The van der Waals surface area contributed by atoms with Gasteiger partial charge in [0, 0.05) is 55.4 Å². The monoisotopic (exact) mass is 705 g/mol. The number of hydrogen-bond acceptors (Lipinski definition) is 10. The summed E-state index contributed by atoms with van der Waals surface area (Å²) in [5.41, 5.74) is 0.548. The maximum absolute atomic E-state index is 15.6. The van der Waals surface area contributed by atoms with Crippen LogP contribution < -0.4 is 13.8 Å². The van der Waals surface area contributed by atoms with Gasteiger partial charge in [-0.1, -0.05) is 17.7 Å². The van der Waals surface area contributed by atoms with E-state index in [1.54, 1.807) is 43.6 Å². The number of carbonyl (C=O) groups excluding carboxylic acids is 1. The van der Waals surface area contributed by atoms with E-state index in [9.17, 15) is 8.42 Å². The Labute approximate surface area is 292 Å². The predicted molar refractivity (Wildman–Crippen MR) is 185 cm³/mol. The first kappa shape index (κ1) is 33.6. The molecule has 7 rings (SSSR count). The van der Waals surface area contributed by atoms with E-state index < -0.39 is 27.5 Å². The van der Waals surface area contributed by atoms with E-state index in [1.807, 2.05) is 30.0 Å². The van der Waals surface area contributed by atoms with Crippen molar-refractivity contribution in [3.8, 4) is 11.5 Å². The smallest absolute Gasteiger partial charge is 0.271 e. The number of halogens is 1. The number of likely N-dealkylation sites (tertiary alicyclic amines) is 1. The zero-order valence-electron chi connectivity index (χ0n) is 27.8. The van der Waals surface area contributed by atoms with Crippen LogP contribution in [-0.4, -0.2) is 87.5 Å². The Morgan fingerprint density at radius 2 is 1.78 bits per heavy atom. The van der Waals surface area contributed by atoms with Gasteiger partial charge in [0.15, 0.2) is 5.54 Å². The molecule has 49 heavy (non-hydrogen) atoms. The minimum absolute atomic E-state index is 0.0394. The standard InChI is InChI=1S/C36H40ClN5O6S/c1-4-47-27-9-11-28(12-10-27)49(44,45)42-31-13-8-26(37)23-29(31)36(35(42)43,41-16-5-6-32(41)34-38-15-21-48-34)30-22-25(7-14-33(30)46-3)24-40-19-17-39(2)18-20-40/h7-15,21-23,32H,4-6,16-20,24H2,1-3H3. The van der Waals surface area contributed by atoms with E-state index in [0.717, 1.165) is 42.5 Å². The van der Waals surface area contributed by atoms with Crippen LogP contribution in [0, 0.1) is 0 Å². The van der Waals surface area contributed by atoms with Crippen molar-refractivity contribution in [3.05, 3.63) is 101 Å². The number of likely N-dealkylation sites (N-methyl/N-ethyl adjacent to an activating group) is 1. The molecule has 0 aliphatic carbocycles. The summed E-state index contributed by atoms with van der Waals surface area (Å²) in [6.45, 7) is 7.16. The van der Waals surface area contributed by atoms with Crippen LogP contribution in [0.2, 0.25) is 5.02 Å². The Balaban J connectivity index is 1.45. The molecule has 0 saturated carbocycles. The lowest BCUT2D eigenvalue weighted by molar-refractivity contribution is -0.127. The van der Waals surface area contributed by atoms with Gasteiger partial charge in [-0.3, -0.25) is 14.6 Å². The average molecular weight is 706 g/mol. The predicted octanol–water partition coefficient (Wildman–Crippen LogP) is 5.30. The molecule has 2 saturated heterocycles. The second-order valence-electron chi connectivity index (χ2n) is 12.7. The van der Waals surface area contributed by atoms with Gasteiger partial charge in [0.05, 0.1) is 36.5 Å². The SMILES string of the molecule is CCOc1ccc(S(=O)(=O)N2C(=O)C(c3cc(CN4CCN(C)CC4)ccc3OC)(N3CCCC3c3ncco3)c3cc(Cl)ccc32)cc1. The molecular formula is C36H40ClN5O6S. The number of aromatic nitrogens is 1. The summed E-state index contributed by atoms with van der Waals surface area (Å²) in [6.07, 6.45) is 4.48. The normalized spacial score (nSPS) is 22.1. The Kier molecular flexibility index (Phi) is 9.18. The van der Waals surface area contributed by atoms with Crippen LogP contribution in [0.4, 0.5) is 5.69 Å². The van der Waals surface area contributed by atoms with Gasteiger partial charge < -0.3 is 18.8 Å². The molecule has 1 aromatic heterocycles. The van der Waals surface area contributed by atoms with Crippen LogP contribution in [0.5, 0.6) is 11.5 Å². The van der Waals surface area contributed by atoms with E-state index in [0.29, 0.717) is 59.7 Å². The molecule has 258 valence electrons. The molecule has 13 heteroatoms. The average Bonchev–Trinajstić information content (AvgIpc) is 3.85. The highest BCUT2D eigenvalue weighted by molar-refractivity contribution is 7.93. The van der Waals surface area contributed by atoms with Crippen molar-refractivity contribution < 1.29 is 27.1 Å². The fraction of sp³-hybridized carbons (Fsp3) is 0.389. The number of benzene rings is 3. The number of piperazine rings is 1. The molecule has 2 fully saturated rings. The van der Waals surface area contributed by atoms with Crippen molar-refractivity contribution >= 4 is 33.2 Å². The molecule has 1 amide bonds. The van der Waals surface area contributed by atoms with Gasteiger partial charge in [0.2, 0.25) is 5.89 Å². The van der Waals surface area contributed by atoms with E-state index in [4.69, 9.17) is 25.5 Å². The molecule has 3 aliphatic heterocycles. The fourth-order valence-electron chi connectivity index (χ4n) is 7.48. The van der Waals surface area contributed by atoms with E-state index >= 15 is 4.79 Å². The lowest BCUT2D eigenvalue weighted by Gasteiger charge is -2.41. The summed E-state index contributed by atoms with van der Waals surface area (Å²) in [7, 11) is -0.734. The number of methoxy groups -OCH3 is 1. The highest BCUT2D eigenvalue weighted by atomic mass is 35.5. The van der Waals surface area contributed by atoms with Crippen LogP contribution in [0.3, 0.4) is 0 Å². The largest absolute Gasteiger partial charge is 0.496 e. The minimum Gasteiger partial charge on any atom is -0.496 e. The number of nitrogens with zero attached hydrogens (tertiary/aromatic N) is 5. The topological polar surface area (TPSA) is 109 Å². The zero-order chi connectivity index (χ0) is 34.3. The maximum atomic E-state index is 15.6. The maximum Gasteiger partial charge on any atom is 0.271 e. The van der Waals surface area contributed by atoms with Gasteiger partial charge in [-0.05, 0) is 87.0 Å². The molecule has 2 atom stereocenters. The van der Waals surface area contributed by atoms with E-state index in [1.165, 1.54) is 18.4 Å². The van der Waals surface area contributed by atoms with Gasteiger partial charge in [0.25, 0.3) is 15.9 Å². The zero-order valence-corrected chi connectivity index (χ0v) is 29.4. The summed E-state index contributed by atoms with van der Waals surface area (Å²) in [5, 5.41) is 0.371. The molecule has 0 bridgehead atoms. The molecule has 2 unspecified atom stereocenters. The van der Waals surface area contributed by atoms with Crippen molar-refractivity contribution in [1.82, 2.24) is 19.7 Å². The molecule has 4 heterocycles. The van der Waals surface area contributed by atoms with Crippen LogP contribution in [-0.2, 0) is 26.9 Å². The lowest BCUT2D eigenvalue weighted by atomic mass is 9.80. The second kappa shape index (κ2) is 13.4. The number of rotatable bonds is 10. The van der Waals surface area contributed by atoms with Crippen molar-refractivity contribution in [2.45, 2.75) is 42.8 Å². The number of hydrogen-bond donors (Lipinski definition) is 0. The van der Waals surface area contributed by atoms with Crippen molar-refractivity contribution in [1.29, 1.82) is 0 Å². The first-order chi connectivity index (χ1) is 23.7. The van der Waals surface area contributed by atoms with Gasteiger partial charge in [0.1, 0.15) is 17.8 Å². The van der Waals surface area contributed by atoms with Gasteiger partial charge in [-0.15, -0.1) is 0 Å². The third-order valence-electron chi connectivity index (χ3n) is 9.81. The molecule has 0 spiro atoms. The molecular weight excluding hydrogens is 666 g/mol. The second-order valence-corrected chi connectivity index (χ2v) is 14.9.